The molecule has 122 valence electrons. The highest BCUT2D eigenvalue weighted by Crippen LogP contribution is 2.16. The average molecular weight is 335 g/mol. The van der Waals surface area contributed by atoms with Crippen LogP contribution in [0.4, 0.5) is 6.01 Å². The number of amides is 1. The third-order valence-corrected chi connectivity index (χ3v) is 4.14. The standard InChI is InChI=1S/C16H19ClN4O2/c1-2-14-18-19-16(23-14)21-8-6-20(7-9-21)15(22)11-12-4-3-5-13(17)10-12/h3-5,10H,2,6-9,11H2,1H3. The summed E-state index contributed by atoms with van der Waals surface area (Å²) >= 11 is 5.96. The Kier molecular flexibility index (Phi) is 4.81. The molecule has 6 nitrogen and oxygen atoms in total. The summed E-state index contributed by atoms with van der Waals surface area (Å²) in [4.78, 5) is 16.3. The van der Waals surface area contributed by atoms with Crippen molar-refractivity contribution in [1.29, 1.82) is 0 Å². The Morgan fingerprint density at radius 2 is 2.04 bits per heavy atom. The minimum atomic E-state index is 0.117. The van der Waals surface area contributed by atoms with Crippen LogP contribution in [0.3, 0.4) is 0 Å². The molecule has 0 aliphatic carbocycles. The van der Waals surface area contributed by atoms with Crippen molar-refractivity contribution < 1.29 is 9.21 Å². The Hall–Kier alpha value is -2.08. The summed E-state index contributed by atoms with van der Waals surface area (Å²) in [5.74, 6) is 0.756. The smallest absolute Gasteiger partial charge is 0.318 e. The normalized spacial score (nSPS) is 15.0. The van der Waals surface area contributed by atoms with Gasteiger partial charge in [-0.2, -0.15) is 0 Å². The van der Waals surface area contributed by atoms with Gasteiger partial charge >= 0.3 is 6.01 Å². The number of carbonyl (C=O) groups is 1. The van der Waals surface area contributed by atoms with Crippen LogP contribution < -0.4 is 4.90 Å². The zero-order valence-corrected chi connectivity index (χ0v) is 13.8. The third-order valence-electron chi connectivity index (χ3n) is 3.91. The van der Waals surface area contributed by atoms with E-state index >= 15 is 0 Å². The van der Waals surface area contributed by atoms with Crippen molar-refractivity contribution in [2.24, 2.45) is 0 Å². The number of aryl methyl sites for hydroxylation is 1. The van der Waals surface area contributed by atoms with E-state index in [4.69, 9.17) is 16.0 Å². The lowest BCUT2D eigenvalue weighted by atomic mass is 10.1. The number of rotatable bonds is 4. The number of piperazine rings is 1. The Balaban J connectivity index is 1.55. The first kappa shape index (κ1) is 15.8. The number of carbonyl (C=O) groups excluding carboxylic acids is 1. The van der Waals surface area contributed by atoms with Gasteiger partial charge in [-0.25, -0.2) is 0 Å². The fourth-order valence-electron chi connectivity index (χ4n) is 2.60. The zero-order chi connectivity index (χ0) is 16.2. The van der Waals surface area contributed by atoms with E-state index in [1.807, 2.05) is 41.0 Å². The van der Waals surface area contributed by atoms with Gasteiger partial charge in [-0.15, -0.1) is 5.10 Å². The van der Waals surface area contributed by atoms with Crippen molar-refractivity contribution in [3.8, 4) is 0 Å². The van der Waals surface area contributed by atoms with E-state index in [9.17, 15) is 4.79 Å². The molecule has 0 N–H and O–H groups in total. The molecule has 1 aliphatic rings. The zero-order valence-electron chi connectivity index (χ0n) is 13.0. The Bertz CT molecular complexity index is 680. The van der Waals surface area contributed by atoms with Crippen molar-refractivity contribution in [1.82, 2.24) is 15.1 Å². The lowest BCUT2D eigenvalue weighted by molar-refractivity contribution is -0.130. The van der Waals surface area contributed by atoms with Gasteiger partial charge in [-0.1, -0.05) is 35.8 Å². The molecule has 0 atom stereocenters. The van der Waals surface area contributed by atoms with Gasteiger partial charge in [-0.05, 0) is 17.7 Å². The van der Waals surface area contributed by atoms with Crippen LogP contribution >= 0.6 is 11.6 Å². The molecule has 1 aromatic heterocycles. The summed E-state index contributed by atoms with van der Waals surface area (Å²) < 4.78 is 5.56. The maximum absolute atomic E-state index is 12.4. The Morgan fingerprint density at radius 3 is 2.70 bits per heavy atom. The highest BCUT2D eigenvalue weighted by Gasteiger charge is 2.24. The molecule has 1 fully saturated rings. The van der Waals surface area contributed by atoms with E-state index in [0.717, 1.165) is 12.0 Å². The third kappa shape index (κ3) is 3.82. The molecule has 7 heteroatoms. The quantitative estimate of drug-likeness (QED) is 0.857. The highest BCUT2D eigenvalue weighted by atomic mass is 35.5. The van der Waals surface area contributed by atoms with Crippen molar-refractivity contribution in [2.45, 2.75) is 19.8 Å². The fraction of sp³-hybridized carbons (Fsp3) is 0.438. The maximum atomic E-state index is 12.4. The van der Waals surface area contributed by atoms with Crippen LogP contribution in [0, 0.1) is 0 Å². The molecular formula is C16H19ClN4O2. The van der Waals surface area contributed by atoms with Crippen LogP contribution in [-0.4, -0.2) is 47.2 Å². The molecule has 0 unspecified atom stereocenters. The van der Waals surface area contributed by atoms with Crippen molar-refractivity contribution in [3.05, 3.63) is 40.7 Å². The number of nitrogens with zero attached hydrogens (tertiary/aromatic N) is 4. The van der Waals surface area contributed by atoms with Crippen LogP contribution in [-0.2, 0) is 17.6 Å². The van der Waals surface area contributed by atoms with E-state index in [1.54, 1.807) is 0 Å². The first-order valence-electron chi connectivity index (χ1n) is 7.75. The summed E-state index contributed by atoms with van der Waals surface area (Å²) in [5, 5.41) is 8.68. The maximum Gasteiger partial charge on any atom is 0.318 e. The minimum absolute atomic E-state index is 0.117. The molecule has 1 aliphatic heterocycles. The molecule has 0 bridgehead atoms. The van der Waals surface area contributed by atoms with Gasteiger partial charge in [0.15, 0.2) is 0 Å². The predicted molar refractivity (Wildman–Crippen MR) is 87.6 cm³/mol. The SMILES string of the molecule is CCc1nnc(N2CCN(C(=O)Cc3cccc(Cl)c3)CC2)o1. The molecule has 1 aromatic carbocycles. The van der Waals surface area contributed by atoms with Gasteiger partial charge in [0.05, 0.1) is 6.42 Å². The van der Waals surface area contributed by atoms with E-state index in [2.05, 4.69) is 10.2 Å². The molecule has 0 saturated carbocycles. The van der Waals surface area contributed by atoms with Crippen LogP contribution in [0.1, 0.15) is 18.4 Å². The van der Waals surface area contributed by atoms with Gasteiger partial charge in [-0.3, -0.25) is 4.79 Å². The molecular weight excluding hydrogens is 316 g/mol. The average Bonchev–Trinajstić information content (AvgIpc) is 3.04. The molecule has 0 radical (unpaired) electrons. The second-order valence-corrected chi connectivity index (χ2v) is 5.94. The topological polar surface area (TPSA) is 62.5 Å². The van der Waals surface area contributed by atoms with E-state index in [0.29, 0.717) is 49.5 Å². The largest absolute Gasteiger partial charge is 0.408 e. The minimum Gasteiger partial charge on any atom is -0.408 e. The second kappa shape index (κ2) is 7.00. The van der Waals surface area contributed by atoms with Gasteiger partial charge < -0.3 is 14.2 Å². The number of hydrogen-bond donors (Lipinski definition) is 0. The highest BCUT2D eigenvalue weighted by molar-refractivity contribution is 6.30. The molecule has 0 spiro atoms. The molecule has 2 heterocycles. The summed E-state index contributed by atoms with van der Waals surface area (Å²) in [6.07, 6.45) is 1.10. The molecule has 23 heavy (non-hydrogen) atoms. The van der Waals surface area contributed by atoms with Crippen LogP contribution in [0.15, 0.2) is 28.7 Å². The number of halogens is 1. The number of anilines is 1. The van der Waals surface area contributed by atoms with Gasteiger partial charge in [0.1, 0.15) is 0 Å². The second-order valence-electron chi connectivity index (χ2n) is 5.51. The number of benzene rings is 1. The first-order chi connectivity index (χ1) is 11.2. The summed E-state index contributed by atoms with van der Waals surface area (Å²) in [6.45, 7) is 4.69. The molecule has 2 aromatic rings. The van der Waals surface area contributed by atoms with Crippen molar-refractivity contribution in [2.75, 3.05) is 31.1 Å². The summed E-state index contributed by atoms with van der Waals surface area (Å²) in [7, 11) is 0. The Morgan fingerprint density at radius 1 is 1.26 bits per heavy atom. The summed E-state index contributed by atoms with van der Waals surface area (Å²) in [6, 6.07) is 7.97. The molecule has 3 rings (SSSR count). The van der Waals surface area contributed by atoms with E-state index in [-0.39, 0.29) is 5.91 Å². The van der Waals surface area contributed by atoms with Crippen molar-refractivity contribution in [3.63, 3.8) is 0 Å². The lowest BCUT2D eigenvalue weighted by Crippen LogP contribution is -2.49. The fourth-order valence-corrected chi connectivity index (χ4v) is 2.81. The summed E-state index contributed by atoms with van der Waals surface area (Å²) in [5.41, 5.74) is 0.939. The van der Waals surface area contributed by atoms with Gasteiger partial charge in [0, 0.05) is 37.6 Å². The van der Waals surface area contributed by atoms with Crippen LogP contribution in [0.25, 0.3) is 0 Å². The first-order valence-corrected chi connectivity index (χ1v) is 8.13. The molecule has 1 amide bonds. The van der Waals surface area contributed by atoms with Gasteiger partial charge in [0.2, 0.25) is 11.8 Å². The van der Waals surface area contributed by atoms with E-state index < -0.39 is 0 Å². The van der Waals surface area contributed by atoms with E-state index in [1.165, 1.54) is 0 Å². The van der Waals surface area contributed by atoms with Crippen LogP contribution in [0.2, 0.25) is 5.02 Å². The van der Waals surface area contributed by atoms with Crippen molar-refractivity contribution >= 4 is 23.5 Å². The van der Waals surface area contributed by atoms with Crippen LogP contribution in [0.5, 0.6) is 0 Å². The monoisotopic (exact) mass is 334 g/mol. The number of hydrogen-bond acceptors (Lipinski definition) is 5. The molecule has 1 saturated heterocycles. The number of aromatic nitrogens is 2. The van der Waals surface area contributed by atoms with Gasteiger partial charge in [0.25, 0.3) is 0 Å². The Labute approximate surface area is 140 Å². The lowest BCUT2D eigenvalue weighted by Gasteiger charge is -2.33. The predicted octanol–water partition coefficient (Wildman–Crippen LogP) is 2.18.